The van der Waals surface area contributed by atoms with Crippen LogP contribution in [0.2, 0.25) is 0 Å². The number of halogens is 1. The highest BCUT2D eigenvalue weighted by molar-refractivity contribution is 9.10. The minimum absolute atomic E-state index is 0.300. The molecule has 0 radical (unpaired) electrons. The molecule has 1 aromatic carbocycles. The molecule has 0 unspecified atom stereocenters. The number of nitriles is 1. The van der Waals surface area contributed by atoms with Gasteiger partial charge in [0.15, 0.2) is 0 Å². The Morgan fingerprint density at radius 2 is 2.15 bits per heavy atom. The lowest BCUT2D eigenvalue weighted by Crippen LogP contribution is -2.15. The molecule has 0 atom stereocenters. The fraction of sp³-hybridized carbons (Fsp3) is 0.0714. The summed E-state index contributed by atoms with van der Waals surface area (Å²) in [6, 6.07) is 8.75. The quantitative estimate of drug-likeness (QED) is 0.906. The van der Waals surface area contributed by atoms with E-state index in [9.17, 15) is 4.79 Å². The maximum atomic E-state index is 12.3. The average molecular weight is 331 g/mol. The topological polar surface area (TPSA) is 77.8 Å². The SMILES string of the molecule is CNc1cnccc1C(=O)Nc1cc(Br)ccc1C#N. The minimum atomic E-state index is -0.300. The summed E-state index contributed by atoms with van der Waals surface area (Å²) in [5.74, 6) is -0.300. The summed E-state index contributed by atoms with van der Waals surface area (Å²) >= 11 is 3.32. The Bertz CT molecular complexity index is 694. The monoisotopic (exact) mass is 330 g/mol. The van der Waals surface area contributed by atoms with E-state index in [1.54, 1.807) is 43.7 Å². The molecular weight excluding hydrogens is 320 g/mol. The maximum Gasteiger partial charge on any atom is 0.257 e. The Kier molecular flexibility index (Phi) is 4.33. The van der Waals surface area contributed by atoms with Gasteiger partial charge in [-0.3, -0.25) is 9.78 Å². The molecule has 0 saturated carbocycles. The fourth-order valence-electron chi connectivity index (χ4n) is 1.70. The van der Waals surface area contributed by atoms with Crippen molar-refractivity contribution in [2.75, 3.05) is 17.7 Å². The van der Waals surface area contributed by atoms with Crippen molar-refractivity contribution in [3.8, 4) is 6.07 Å². The summed E-state index contributed by atoms with van der Waals surface area (Å²) in [6.45, 7) is 0. The first-order valence-corrected chi connectivity index (χ1v) is 6.57. The highest BCUT2D eigenvalue weighted by Crippen LogP contribution is 2.22. The molecule has 0 aliphatic carbocycles. The Morgan fingerprint density at radius 1 is 1.35 bits per heavy atom. The smallest absolute Gasteiger partial charge is 0.257 e. The van der Waals surface area contributed by atoms with Crippen molar-refractivity contribution in [2.24, 2.45) is 0 Å². The second-order valence-electron chi connectivity index (χ2n) is 3.93. The van der Waals surface area contributed by atoms with E-state index in [2.05, 4.69) is 31.5 Å². The van der Waals surface area contributed by atoms with Crippen LogP contribution in [-0.2, 0) is 0 Å². The minimum Gasteiger partial charge on any atom is -0.386 e. The van der Waals surface area contributed by atoms with Crippen LogP contribution >= 0.6 is 15.9 Å². The van der Waals surface area contributed by atoms with Crippen LogP contribution in [0.25, 0.3) is 0 Å². The third-order valence-electron chi connectivity index (χ3n) is 2.69. The summed E-state index contributed by atoms with van der Waals surface area (Å²) in [5, 5.41) is 14.7. The van der Waals surface area contributed by atoms with Gasteiger partial charge in [-0.2, -0.15) is 5.26 Å². The molecule has 100 valence electrons. The van der Waals surface area contributed by atoms with Gasteiger partial charge in [0.05, 0.1) is 28.7 Å². The molecule has 0 aliphatic heterocycles. The van der Waals surface area contributed by atoms with Gasteiger partial charge >= 0.3 is 0 Å². The predicted octanol–water partition coefficient (Wildman–Crippen LogP) is 3.01. The van der Waals surface area contributed by atoms with Gasteiger partial charge < -0.3 is 10.6 Å². The number of pyridine rings is 1. The Labute approximate surface area is 124 Å². The van der Waals surface area contributed by atoms with Crippen LogP contribution in [-0.4, -0.2) is 17.9 Å². The molecule has 20 heavy (non-hydrogen) atoms. The molecule has 2 N–H and O–H groups in total. The van der Waals surface area contributed by atoms with Crippen LogP contribution < -0.4 is 10.6 Å². The lowest BCUT2D eigenvalue weighted by Gasteiger charge is -2.10. The van der Waals surface area contributed by atoms with E-state index in [0.29, 0.717) is 22.5 Å². The fourth-order valence-corrected chi connectivity index (χ4v) is 2.06. The van der Waals surface area contributed by atoms with Gasteiger partial charge in [-0.1, -0.05) is 15.9 Å². The number of hydrogen-bond donors (Lipinski definition) is 2. The van der Waals surface area contributed by atoms with Gasteiger partial charge in [0.2, 0.25) is 0 Å². The zero-order chi connectivity index (χ0) is 14.5. The van der Waals surface area contributed by atoms with Crippen LogP contribution in [0.4, 0.5) is 11.4 Å². The standard InChI is InChI=1S/C14H11BrN4O/c1-17-13-8-18-5-4-11(13)14(20)19-12-6-10(15)3-2-9(12)7-16/h2-6,8,17H,1H3,(H,19,20). The summed E-state index contributed by atoms with van der Waals surface area (Å²) in [6.07, 6.45) is 3.11. The van der Waals surface area contributed by atoms with Crippen molar-refractivity contribution in [1.29, 1.82) is 5.26 Å². The van der Waals surface area contributed by atoms with Crippen molar-refractivity contribution >= 4 is 33.2 Å². The molecule has 0 fully saturated rings. The largest absolute Gasteiger partial charge is 0.386 e. The molecule has 6 heteroatoms. The van der Waals surface area contributed by atoms with Crippen molar-refractivity contribution < 1.29 is 4.79 Å². The number of benzene rings is 1. The van der Waals surface area contributed by atoms with Crippen LogP contribution in [0.1, 0.15) is 15.9 Å². The molecular formula is C14H11BrN4O. The highest BCUT2D eigenvalue weighted by Gasteiger charge is 2.13. The molecule has 5 nitrogen and oxygen atoms in total. The van der Waals surface area contributed by atoms with Crippen LogP contribution in [0.3, 0.4) is 0 Å². The van der Waals surface area contributed by atoms with Crippen molar-refractivity contribution in [1.82, 2.24) is 4.98 Å². The molecule has 2 aromatic rings. The van der Waals surface area contributed by atoms with E-state index < -0.39 is 0 Å². The van der Waals surface area contributed by atoms with E-state index >= 15 is 0 Å². The van der Waals surface area contributed by atoms with Crippen molar-refractivity contribution in [2.45, 2.75) is 0 Å². The first kappa shape index (κ1) is 14.0. The molecule has 0 spiro atoms. The average Bonchev–Trinajstić information content (AvgIpc) is 2.47. The first-order valence-electron chi connectivity index (χ1n) is 5.78. The van der Waals surface area contributed by atoms with Crippen molar-refractivity contribution in [3.05, 3.63) is 52.3 Å². The number of hydrogen-bond acceptors (Lipinski definition) is 4. The van der Waals surface area contributed by atoms with Crippen LogP contribution in [0.5, 0.6) is 0 Å². The third-order valence-corrected chi connectivity index (χ3v) is 3.18. The number of rotatable bonds is 3. The van der Waals surface area contributed by atoms with Gasteiger partial charge in [0.25, 0.3) is 5.91 Å². The molecule has 1 heterocycles. The lowest BCUT2D eigenvalue weighted by molar-refractivity contribution is 0.102. The summed E-state index contributed by atoms with van der Waals surface area (Å²) in [7, 11) is 1.72. The molecule has 0 bridgehead atoms. The molecule has 0 aliphatic rings. The first-order chi connectivity index (χ1) is 9.65. The van der Waals surface area contributed by atoms with Gasteiger partial charge in [0, 0.05) is 17.7 Å². The van der Waals surface area contributed by atoms with E-state index in [-0.39, 0.29) is 5.91 Å². The number of nitrogens with one attached hydrogen (secondary N) is 2. The Hall–Kier alpha value is -2.39. The Morgan fingerprint density at radius 3 is 2.85 bits per heavy atom. The predicted molar refractivity (Wildman–Crippen MR) is 80.6 cm³/mol. The number of amides is 1. The van der Waals surface area contributed by atoms with E-state index in [1.165, 1.54) is 0 Å². The summed E-state index contributed by atoms with van der Waals surface area (Å²) < 4.78 is 0.787. The van der Waals surface area contributed by atoms with Gasteiger partial charge in [-0.05, 0) is 24.3 Å². The van der Waals surface area contributed by atoms with Gasteiger partial charge in [0.1, 0.15) is 6.07 Å². The van der Waals surface area contributed by atoms with E-state index in [0.717, 1.165) is 4.47 Å². The second-order valence-corrected chi connectivity index (χ2v) is 4.84. The lowest BCUT2D eigenvalue weighted by atomic mass is 10.1. The van der Waals surface area contributed by atoms with E-state index in [1.807, 2.05) is 6.07 Å². The summed E-state index contributed by atoms with van der Waals surface area (Å²) in [4.78, 5) is 16.2. The van der Waals surface area contributed by atoms with Gasteiger partial charge in [-0.15, -0.1) is 0 Å². The highest BCUT2D eigenvalue weighted by atomic mass is 79.9. The molecule has 0 saturated heterocycles. The number of aromatic nitrogens is 1. The number of carbonyl (C=O) groups is 1. The number of carbonyl (C=O) groups excluding carboxylic acids is 1. The summed E-state index contributed by atoms with van der Waals surface area (Å²) in [5.41, 5.74) is 1.96. The zero-order valence-corrected chi connectivity index (χ0v) is 12.2. The Balaban J connectivity index is 2.33. The normalized spacial score (nSPS) is 9.65. The van der Waals surface area contributed by atoms with Crippen molar-refractivity contribution in [3.63, 3.8) is 0 Å². The second kappa shape index (κ2) is 6.17. The van der Waals surface area contributed by atoms with Crippen LogP contribution in [0, 0.1) is 11.3 Å². The number of anilines is 2. The molecule has 2 rings (SSSR count). The zero-order valence-electron chi connectivity index (χ0n) is 10.6. The van der Waals surface area contributed by atoms with Gasteiger partial charge in [-0.25, -0.2) is 0 Å². The maximum absolute atomic E-state index is 12.3. The molecule has 1 amide bonds. The van der Waals surface area contributed by atoms with E-state index in [4.69, 9.17) is 5.26 Å². The number of nitrogens with zero attached hydrogens (tertiary/aromatic N) is 2. The third kappa shape index (κ3) is 2.95. The molecule has 1 aromatic heterocycles. The van der Waals surface area contributed by atoms with Crippen LogP contribution in [0.15, 0.2) is 41.1 Å².